The van der Waals surface area contributed by atoms with Gasteiger partial charge in [0.25, 0.3) is 0 Å². The van der Waals surface area contributed by atoms with E-state index in [0.29, 0.717) is 10.5 Å². The Hall–Kier alpha value is -1.74. The molecule has 9 heteroatoms. The van der Waals surface area contributed by atoms with Crippen LogP contribution in [0.4, 0.5) is 19.0 Å². The maximum atomic E-state index is 13.1. The number of aliphatic imine (C=N–C) groups is 1. The van der Waals surface area contributed by atoms with Crippen molar-refractivity contribution in [2.24, 2.45) is 4.99 Å². The molecule has 0 saturated carbocycles. The molecule has 0 aliphatic heterocycles. The van der Waals surface area contributed by atoms with Crippen LogP contribution in [0.15, 0.2) is 50.9 Å². The molecule has 0 unspecified atom stereocenters. The minimum absolute atomic E-state index is 0.216. The second-order valence-corrected chi connectivity index (χ2v) is 7.46. The van der Waals surface area contributed by atoms with Gasteiger partial charge >= 0.3 is 6.18 Å². The third-order valence-electron chi connectivity index (χ3n) is 2.82. The molecule has 0 spiro atoms. The molecule has 0 aliphatic carbocycles. The van der Waals surface area contributed by atoms with Gasteiger partial charge in [0, 0.05) is 24.2 Å². The summed E-state index contributed by atoms with van der Waals surface area (Å²) in [6.45, 7) is 0. The van der Waals surface area contributed by atoms with Gasteiger partial charge < -0.3 is 0 Å². The summed E-state index contributed by atoms with van der Waals surface area (Å²) in [5.74, 6) is 0.216. The lowest BCUT2D eigenvalue weighted by atomic mass is 10.1. The molecule has 0 N–H and O–H groups in total. The summed E-state index contributed by atoms with van der Waals surface area (Å²) in [4.78, 5) is 7.43. The van der Waals surface area contributed by atoms with Gasteiger partial charge in [-0.15, -0.1) is 0 Å². The van der Waals surface area contributed by atoms with Crippen LogP contribution in [-0.4, -0.2) is 25.9 Å². The monoisotopic (exact) mass is 406 g/mol. The third-order valence-corrected chi connectivity index (χ3v) is 4.55. The third kappa shape index (κ3) is 4.38. The highest BCUT2D eigenvalue weighted by molar-refractivity contribution is 9.10. The molecule has 1 heterocycles. The molecule has 0 fully saturated rings. The SMILES string of the molecule is CS(=O)(=O)c1ccc(/C=N/c2ncccc2Br)c(C(F)(F)F)c1. The van der Waals surface area contributed by atoms with Crippen LogP contribution in [0.25, 0.3) is 0 Å². The second kappa shape index (κ2) is 6.40. The van der Waals surface area contributed by atoms with Gasteiger partial charge in [-0.1, -0.05) is 6.07 Å². The predicted molar refractivity (Wildman–Crippen MR) is 83.7 cm³/mol. The lowest BCUT2D eigenvalue weighted by Gasteiger charge is -2.11. The smallest absolute Gasteiger partial charge is 0.236 e. The van der Waals surface area contributed by atoms with Crippen molar-refractivity contribution in [3.8, 4) is 0 Å². The van der Waals surface area contributed by atoms with Crippen molar-refractivity contribution in [2.45, 2.75) is 11.1 Å². The summed E-state index contributed by atoms with van der Waals surface area (Å²) in [5, 5.41) is 0. The van der Waals surface area contributed by atoms with E-state index in [1.54, 1.807) is 12.1 Å². The number of rotatable bonds is 3. The number of pyridine rings is 1. The van der Waals surface area contributed by atoms with Crippen LogP contribution >= 0.6 is 15.9 Å². The maximum absolute atomic E-state index is 13.1. The minimum Gasteiger partial charge on any atom is -0.236 e. The van der Waals surface area contributed by atoms with Crippen molar-refractivity contribution in [3.05, 3.63) is 52.1 Å². The van der Waals surface area contributed by atoms with Crippen molar-refractivity contribution in [3.63, 3.8) is 0 Å². The van der Waals surface area contributed by atoms with Gasteiger partial charge in [0.15, 0.2) is 15.7 Å². The Morgan fingerprint density at radius 1 is 1.26 bits per heavy atom. The van der Waals surface area contributed by atoms with Gasteiger partial charge in [0.2, 0.25) is 0 Å². The van der Waals surface area contributed by atoms with Crippen LogP contribution in [0.3, 0.4) is 0 Å². The zero-order chi connectivity index (χ0) is 17.3. The lowest BCUT2D eigenvalue weighted by Crippen LogP contribution is -2.11. The Morgan fingerprint density at radius 3 is 2.52 bits per heavy atom. The van der Waals surface area contributed by atoms with E-state index in [4.69, 9.17) is 0 Å². The maximum Gasteiger partial charge on any atom is 0.417 e. The van der Waals surface area contributed by atoms with Crippen LogP contribution in [0.1, 0.15) is 11.1 Å². The topological polar surface area (TPSA) is 59.4 Å². The number of hydrogen-bond donors (Lipinski definition) is 0. The standard InChI is InChI=1S/C14H10BrF3N2O2S/c1-23(21,22)10-5-4-9(11(7-10)14(16,17)18)8-20-13-12(15)3-2-6-19-13/h2-8H,1H3/b20-8+. The molecule has 122 valence electrons. The van der Waals surface area contributed by atoms with E-state index in [0.717, 1.165) is 24.6 Å². The van der Waals surface area contributed by atoms with Gasteiger partial charge in [0.05, 0.1) is 14.9 Å². The summed E-state index contributed by atoms with van der Waals surface area (Å²) in [5.41, 5.74) is -1.32. The number of halogens is 4. The molecule has 23 heavy (non-hydrogen) atoms. The first kappa shape index (κ1) is 17.6. The van der Waals surface area contributed by atoms with Crippen molar-refractivity contribution in [1.29, 1.82) is 0 Å². The van der Waals surface area contributed by atoms with Crippen LogP contribution in [-0.2, 0) is 16.0 Å². The average Bonchev–Trinajstić information content (AvgIpc) is 2.44. The van der Waals surface area contributed by atoms with Crippen LogP contribution in [0.2, 0.25) is 0 Å². The highest BCUT2D eigenvalue weighted by Gasteiger charge is 2.34. The zero-order valence-corrected chi connectivity index (χ0v) is 14.1. The first-order chi connectivity index (χ1) is 10.6. The normalized spacial score (nSPS) is 12.7. The molecule has 0 bridgehead atoms. The average molecular weight is 407 g/mol. The van der Waals surface area contributed by atoms with Gasteiger partial charge in [-0.05, 0) is 40.2 Å². The lowest BCUT2D eigenvalue weighted by molar-refractivity contribution is -0.137. The number of nitrogens with zero attached hydrogens (tertiary/aromatic N) is 2. The summed E-state index contributed by atoms with van der Waals surface area (Å²) in [6.07, 6.45) is -1.40. The molecular weight excluding hydrogens is 397 g/mol. The summed E-state index contributed by atoms with van der Waals surface area (Å²) in [6, 6.07) is 6.07. The minimum atomic E-state index is -4.70. The zero-order valence-electron chi connectivity index (χ0n) is 11.7. The highest BCUT2D eigenvalue weighted by atomic mass is 79.9. The summed E-state index contributed by atoms with van der Waals surface area (Å²) in [7, 11) is -3.74. The molecule has 0 radical (unpaired) electrons. The molecule has 2 aromatic rings. The van der Waals surface area contributed by atoms with Crippen molar-refractivity contribution < 1.29 is 21.6 Å². The fourth-order valence-electron chi connectivity index (χ4n) is 1.73. The molecule has 0 amide bonds. The Balaban J connectivity index is 2.53. The van der Waals surface area contributed by atoms with Crippen molar-refractivity contribution in [2.75, 3.05) is 6.26 Å². The van der Waals surface area contributed by atoms with E-state index in [1.807, 2.05) is 0 Å². The largest absolute Gasteiger partial charge is 0.417 e. The van der Waals surface area contributed by atoms with Crippen LogP contribution in [0, 0.1) is 0 Å². The van der Waals surface area contributed by atoms with Gasteiger partial charge in [-0.3, -0.25) is 0 Å². The Morgan fingerprint density at radius 2 is 1.96 bits per heavy atom. The van der Waals surface area contributed by atoms with Gasteiger partial charge in [-0.2, -0.15) is 13.2 Å². The molecule has 1 aromatic carbocycles. The molecular formula is C14H10BrF3N2O2S. The van der Waals surface area contributed by atoms with E-state index in [9.17, 15) is 21.6 Å². The van der Waals surface area contributed by atoms with E-state index >= 15 is 0 Å². The second-order valence-electron chi connectivity index (χ2n) is 4.59. The molecule has 0 atom stereocenters. The molecule has 4 nitrogen and oxygen atoms in total. The fraction of sp³-hybridized carbons (Fsp3) is 0.143. The van der Waals surface area contributed by atoms with Gasteiger partial charge in [-0.25, -0.2) is 18.4 Å². The molecule has 1 aromatic heterocycles. The van der Waals surface area contributed by atoms with Crippen LogP contribution in [0.5, 0.6) is 0 Å². The first-order valence-corrected chi connectivity index (χ1v) is 8.83. The van der Waals surface area contributed by atoms with E-state index in [-0.39, 0.29) is 11.4 Å². The van der Waals surface area contributed by atoms with Crippen molar-refractivity contribution >= 4 is 37.8 Å². The van der Waals surface area contributed by atoms with Crippen LogP contribution < -0.4 is 0 Å². The number of aromatic nitrogens is 1. The Labute approximate surface area is 139 Å². The quantitative estimate of drug-likeness (QED) is 0.723. The molecule has 2 rings (SSSR count). The molecule has 0 saturated heterocycles. The van der Waals surface area contributed by atoms with E-state index in [1.165, 1.54) is 6.20 Å². The predicted octanol–water partition coefficient (Wildman–Crippen LogP) is 4.02. The highest BCUT2D eigenvalue weighted by Crippen LogP contribution is 2.33. The molecule has 0 aliphatic rings. The number of alkyl halides is 3. The number of hydrogen-bond acceptors (Lipinski definition) is 4. The fourth-order valence-corrected chi connectivity index (χ4v) is 2.73. The number of benzene rings is 1. The van der Waals surface area contributed by atoms with E-state index in [2.05, 4.69) is 25.9 Å². The van der Waals surface area contributed by atoms with Crippen molar-refractivity contribution in [1.82, 2.24) is 4.98 Å². The first-order valence-electron chi connectivity index (χ1n) is 6.15. The summed E-state index contributed by atoms with van der Waals surface area (Å²) >= 11 is 3.19. The number of sulfone groups is 1. The van der Waals surface area contributed by atoms with E-state index < -0.39 is 26.5 Å². The summed E-state index contributed by atoms with van der Waals surface area (Å²) < 4.78 is 62.8. The Bertz CT molecular complexity index is 865. The Kier molecular flexibility index (Phi) is 4.90. The van der Waals surface area contributed by atoms with Gasteiger partial charge in [0.1, 0.15) is 0 Å².